The van der Waals surface area contributed by atoms with E-state index in [1.807, 2.05) is 0 Å². The number of aryl methyl sites for hydroxylation is 1. The van der Waals surface area contributed by atoms with Crippen LogP contribution in [0, 0.1) is 0 Å². The molecule has 0 atom stereocenters. The van der Waals surface area contributed by atoms with Crippen molar-refractivity contribution in [2.45, 2.75) is 13.1 Å². The number of hydrogen-bond acceptors (Lipinski definition) is 5. The molecule has 2 rings (SSSR count). The van der Waals surface area contributed by atoms with Crippen LogP contribution >= 0.6 is 27.3 Å². The predicted molar refractivity (Wildman–Crippen MR) is 61.4 cm³/mol. The molecular formula is C8H10BrN5S. The van der Waals surface area contributed by atoms with E-state index in [1.165, 1.54) is 9.67 Å². The van der Waals surface area contributed by atoms with E-state index in [9.17, 15) is 0 Å². The summed E-state index contributed by atoms with van der Waals surface area (Å²) in [6.07, 6.45) is 0. The first-order valence-electron chi connectivity index (χ1n) is 4.40. The van der Waals surface area contributed by atoms with Crippen LogP contribution in [0.5, 0.6) is 0 Å². The van der Waals surface area contributed by atoms with Gasteiger partial charge in [-0.2, -0.15) is 4.80 Å². The fourth-order valence-corrected chi connectivity index (χ4v) is 2.56. The Labute approximate surface area is 99.6 Å². The number of nitrogens with one attached hydrogen (secondary N) is 1. The zero-order valence-electron chi connectivity index (χ0n) is 8.14. The highest BCUT2D eigenvalue weighted by atomic mass is 79.9. The maximum absolute atomic E-state index is 4.07. The van der Waals surface area contributed by atoms with Gasteiger partial charge in [0.15, 0.2) is 5.82 Å². The number of halogens is 1. The van der Waals surface area contributed by atoms with Gasteiger partial charge in [-0.05, 0) is 27.2 Å². The number of aromatic nitrogens is 4. The maximum Gasteiger partial charge on any atom is 0.188 e. The van der Waals surface area contributed by atoms with Gasteiger partial charge in [-0.15, -0.1) is 21.5 Å². The lowest BCUT2D eigenvalue weighted by Crippen LogP contribution is -2.13. The molecule has 80 valence electrons. The van der Waals surface area contributed by atoms with Crippen LogP contribution in [0.3, 0.4) is 0 Å². The molecule has 0 aliphatic heterocycles. The van der Waals surface area contributed by atoms with E-state index in [4.69, 9.17) is 0 Å². The van der Waals surface area contributed by atoms with Crippen LogP contribution in [0.4, 0.5) is 0 Å². The lowest BCUT2D eigenvalue weighted by molar-refractivity contribution is 0.620. The third kappa shape index (κ3) is 3.08. The van der Waals surface area contributed by atoms with Gasteiger partial charge in [0.1, 0.15) is 0 Å². The second-order valence-electron chi connectivity index (χ2n) is 3.03. The van der Waals surface area contributed by atoms with Gasteiger partial charge in [0, 0.05) is 21.3 Å². The zero-order chi connectivity index (χ0) is 10.7. The molecule has 7 heteroatoms. The molecule has 0 saturated heterocycles. The average Bonchev–Trinajstić information content (AvgIpc) is 2.76. The van der Waals surface area contributed by atoms with Gasteiger partial charge in [0.2, 0.25) is 0 Å². The number of tetrazole rings is 1. The van der Waals surface area contributed by atoms with Crippen molar-refractivity contribution in [2.24, 2.45) is 7.05 Å². The Morgan fingerprint density at radius 2 is 2.40 bits per heavy atom. The summed E-state index contributed by atoms with van der Waals surface area (Å²) in [7, 11) is 1.76. The minimum atomic E-state index is 0.642. The highest BCUT2D eigenvalue weighted by molar-refractivity contribution is 9.10. The van der Waals surface area contributed by atoms with Crippen LogP contribution in [-0.2, 0) is 20.1 Å². The maximum atomic E-state index is 4.07. The van der Waals surface area contributed by atoms with Crippen molar-refractivity contribution in [1.82, 2.24) is 25.5 Å². The second kappa shape index (κ2) is 4.82. The molecule has 2 aromatic heterocycles. The molecule has 0 amide bonds. The van der Waals surface area contributed by atoms with Gasteiger partial charge in [-0.25, -0.2) is 0 Å². The Balaban J connectivity index is 1.80. The summed E-state index contributed by atoms with van der Waals surface area (Å²) in [6, 6.07) is 2.10. The molecule has 1 N–H and O–H groups in total. The Hall–Kier alpha value is -0.790. The van der Waals surface area contributed by atoms with Crippen molar-refractivity contribution in [3.05, 3.63) is 26.6 Å². The minimum Gasteiger partial charge on any atom is -0.305 e. The van der Waals surface area contributed by atoms with E-state index in [0.29, 0.717) is 12.4 Å². The normalized spacial score (nSPS) is 10.8. The molecule has 0 aliphatic carbocycles. The van der Waals surface area contributed by atoms with E-state index < -0.39 is 0 Å². The minimum absolute atomic E-state index is 0.642. The van der Waals surface area contributed by atoms with Gasteiger partial charge in [0.05, 0.1) is 13.6 Å². The van der Waals surface area contributed by atoms with Gasteiger partial charge < -0.3 is 5.32 Å². The molecule has 15 heavy (non-hydrogen) atoms. The van der Waals surface area contributed by atoms with Gasteiger partial charge >= 0.3 is 0 Å². The summed E-state index contributed by atoms with van der Waals surface area (Å²) in [5.74, 6) is 0.716. The molecule has 0 bridgehead atoms. The first kappa shape index (κ1) is 10.7. The fourth-order valence-electron chi connectivity index (χ4n) is 1.14. The standard InChI is InChI=1S/C8H10BrN5S/c1-14-12-8(11-13-14)4-10-3-7-2-6(9)5-15-7/h2,5,10H,3-4H2,1H3. The van der Waals surface area contributed by atoms with Crippen molar-refractivity contribution in [3.8, 4) is 0 Å². The van der Waals surface area contributed by atoms with Crippen LogP contribution < -0.4 is 5.32 Å². The molecular weight excluding hydrogens is 278 g/mol. The number of rotatable bonds is 4. The Bertz CT molecular complexity index is 397. The molecule has 2 heterocycles. The quantitative estimate of drug-likeness (QED) is 0.922. The zero-order valence-corrected chi connectivity index (χ0v) is 10.5. The van der Waals surface area contributed by atoms with Crippen LogP contribution in [-0.4, -0.2) is 20.2 Å². The summed E-state index contributed by atoms with van der Waals surface area (Å²) < 4.78 is 1.13. The third-order valence-electron chi connectivity index (χ3n) is 1.75. The molecule has 0 spiro atoms. The molecule has 0 fully saturated rings. The monoisotopic (exact) mass is 287 g/mol. The lowest BCUT2D eigenvalue weighted by atomic mass is 10.4. The van der Waals surface area contributed by atoms with Crippen LogP contribution in [0.25, 0.3) is 0 Å². The molecule has 2 aromatic rings. The van der Waals surface area contributed by atoms with E-state index in [0.717, 1.165) is 11.0 Å². The summed E-state index contributed by atoms with van der Waals surface area (Å²) >= 11 is 5.14. The topological polar surface area (TPSA) is 55.6 Å². The van der Waals surface area contributed by atoms with E-state index in [2.05, 4.69) is 48.1 Å². The van der Waals surface area contributed by atoms with Crippen molar-refractivity contribution in [2.75, 3.05) is 0 Å². The first-order chi connectivity index (χ1) is 7.24. The molecule has 0 radical (unpaired) electrons. The van der Waals surface area contributed by atoms with Gasteiger partial charge in [0.25, 0.3) is 0 Å². The van der Waals surface area contributed by atoms with E-state index in [1.54, 1.807) is 18.4 Å². The smallest absolute Gasteiger partial charge is 0.188 e. The molecule has 0 aromatic carbocycles. The van der Waals surface area contributed by atoms with Crippen molar-refractivity contribution in [1.29, 1.82) is 0 Å². The van der Waals surface area contributed by atoms with Gasteiger partial charge in [-0.3, -0.25) is 0 Å². The number of hydrogen-bond donors (Lipinski definition) is 1. The third-order valence-corrected chi connectivity index (χ3v) is 3.45. The van der Waals surface area contributed by atoms with Crippen molar-refractivity contribution in [3.63, 3.8) is 0 Å². The molecule has 0 aliphatic rings. The predicted octanol–water partition coefficient (Wildman–Crippen LogP) is 1.32. The van der Waals surface area contributed by atoms with Crippen LogP contribution in [0.15, 0.2) is 15.9 Å². The molecule has 5 nitrogen and oxygen atoms in total. The average molecular weight is 288 g/mol. The largest absolute Gasteiger partial charge is 0.305 e. The van der Waals surface area contributed by atoms with Crippen molar-refractivity contribution < 1.29 is 0 Å². The Morgan fingerprint density at radius 1 is 1.53 bits per heavy atom. The first-order valence-corrected chi connectivity index (χ1v) is 6.08. The van der Waals surface area contributed by atoms with Crippen molar-refractivity contribution >= 4 is 27.3 Å². The van der Waals surface area contributed by atoms with Crippen LogP contribution in [0.2, 0.25) is 0 Å². The summed E-state index contributed by atoms with van der Waals surface area (Å²) in [5, 5.41) is 17.0. The fraction of sp³-hybridized carbons (Fsp3) is 0.375. The van der Waals surface area contributed by atoms with Gasteiger partial charge in [-0.1, -0.05) is 0 Å². The number of nitrogens with zero attached hydrogens (tertiary/aromatic N) is 4. The molecule has 0 unspecified atom stereocenters. The number of thiophene rings is 1. The van der Waals surface area contributed by atoms with Crippen LogP contribution in [0.1, 0.15) is 10.7 Å². The summed E-state index contributed by atoms with van der Waals surface area (Å²) in [4.78, 5) is 2.74. The molecule has 0 saturated carbocycles. The second-order valence-corrected chi connectivity index (χ2v) is 4.94. The SMILES string of the molecule is Cn1nnc(CNCc2cc(Br)cs2)n1. The van der Waals surface area contributed by atoms with E-state index in [-0.39, 0.29) is 0 Å². The van der Waals surface area contributed by atoms with E-state index >= 15 is 0 Å². The summed E-state index contributed by atoms with van der Waals surface area (Å²) in [5.41, 5.74) is 0. The highest BCUT2D eigenvalue weighted by Crippen LogP contribution is 2.19. The lowest BCUT2D eigenvalue weighted by Gasteiger charge is -1.97. The Morgan fingerprint density at radius 3 is 3.00 bits per heavy atom. The Kier molecular flexibility index (Phi) is 3.45. The summed E-state index contributed by atoms with van der Waals surface area (Å²) in [6.45, 7) is 1.47. The highest BCUT2D eigenvalue weighted by Gasteiger charge is 2.00.